The minimum atomic E-state index is 0. The van der Waals surface area contributed by atoms with E-state index in [1.165, 1.54) is 63.5 Å². The maximum absolute atomic E-state index is 4.72. The summed E-state index contributed by atoms with van der Waals surface area (Å²) in [6.07, 6.45) is 27.7. The third-order valence-corrected chi connectivity index (χ3v) is 6.93. The zero-order chi connectivity index (χ0) is 19.0. The molecule has 4 aliphatic rings. The van der Waals surface area contributed by atoms with Gasteiger partial charge < -0.3 is 21.4 Å². The molecule has 0 aliphatic heterocycles. The van der Waals surface area contributed by atoms with E-state index in [9.17, 15) is 0 Å². The number of rotatable bonds is 0. The SMILES string of the molecule is C1CCC2CCCC2CC1.C1CCC2CCCC2CC1.C=C[CH2-].[CH-]=CC.[CH3-].[CH3-].[Zr+4]. The summed E-state index contributed by atoms with van der Waals surface area (Å²) in [5, 5.41) is 0. The van der Waals surface area contributed by atoms with Gasteiger partial charge in [0.15, 0.2) is 0 Å². The van der Waals surface area contributed by atoms with Gasteiger partial charge in [0, 0.05) is 0 Å². The van der Waals surface area contributed by atoms with E-state index in [0.717, 1.165) is 23.7 Å². The van der Waals surface area contributed by atoms with Crippen molar-refractivity contribution >= 4 is 0 Å². The molecule has 0 saturated heterocycles. The Morgan fingerprint density at radius 1 is 0.621 bits per heavy atom. The predicted octanol–water partition coefficient (Wildman–Crippen LogP) is 9.63. The summed E-state index contributed by atoms with van der Waals surface area (Å²) in [6.45, 7) is 13.0. The molecule has 0 aromatic heterocycles. The summed E-state index contributed by atoms with van der Waals surface area (Å²) in [4.78, 5) is 0. The second-order valence-corrected chi connectivity index (χ2v) is 8.80. The molecule has 1 heteroatoms. The average molecular weight is 480 g/mol. The van der Waals surface area contributed by atoms with Crippen molar-refractivity contribution < 1.29 is 26.2 Å². The molecule has 4 atom stereocenters. The van der Waals surface area contributed by atoms with E-state index in [4.69, 9.17) is 6.58 Å². The zero-order valence-corrected chi connectivity index (χ0v) is 22.7. The fraction of sp³-hybridized carbons (Fsp3) is 0.750. The van der Waals surface area contributed by atoms with Gasteiger partial charge in [-0.05, 0) is 23.7 Å². The van der Waals surface area contributed by atoms with Crippen LogP contribution < -0.4 is 0 Å². The van der Waals surface area contributed by atoms with Crippen LogP contribution >= 0.6 is 0 Å². The van der Waals surface area contributed by atoms with Crippen molar-refractivity contribution in [2.45, 2.75) is 110 Å². The Hall–Kier alpha value is 0.233. The molecule has 0 bridgehead atoms. The molecule has 29 heavy (non-hydrogen) atoms. The smallest absolute Gasteiger partial charge is 0.518 e. The van der Waals surface area contributed by atoms with Crippen LogP contribution in [-0.4, -0.2) is 0 Å². The monoisotopic (exact) mass is 478 g/mol. The van der Waals surface area contributed by atoms with Crippen LogP contribution in [0.1, 0.15) is 110 Å². The van der Waals surface area contributed by atoms with E-state index < -0.39 is 0 Å². The summed E-state index contributed by atoms with van der Waals surface area (Å²) in [7, 11) is 0. The second kappa shape index (κ2) is 22.9. The van der Waals surface area contributed by atoms with E-state index in [-0.39, 0.29) is 41.1 Å². The van der Waals surface area contributed by atoms with E-state index in [1.807, 2.05) is 0 Å². The van der Waals surface area contributed by atoms with Crippen molar-refractivity contribution in [2.24, 2.45) is 23.7 Å². The summed E-state index contributed by atoms with van der Waals surface area (Å²) >= 11 is 0. The molecule has 4 aliphatic carbocycles. The Kier molecular flexibility index (Phi) is 26.7. The maximum Gasteiger partial charge on any atom is 4.00 e. The Labute approximate surface area is 205 Å². The first kappa shape index (κ1) is 33.9. The third-order valence-electron chi connectivity index (χ3n) is 6.93. The topological polar surface area (TPSA) is 0 Å². The molecule has 0 heterocycles. The summed E-state index contributed by atoms with van der Waals surface area (Å²) < 4.78 is 0. The van der Waals surface area contributed by atoms with E-state index in [2.05, 4.69) is 13.5 Å². The van der Waals surface area contributed by atoms with Gasteiger partial charge in [-0.15, -0.1) is 0 Å². The van der Waals surface area contributed by atoms with Crippen LogP contribution in [0.4, 0.5) is 0 Å². The van der Waals surface area contributed by atoms with Gasteiger partial charge in [0.1, 0.15) is 0 Å². The van der Waals surface area contributed by atoms with Crippen LogP contribution in [0, 0.1) is 52.0 Å². The predicted molar refractivity (Wildman–Crippen MR) is 131 cm³/mol. The number of fused-ring (bicyclic) bond motifs is 2. The van der Waals surface area contributed by atoms with Crippen LogP contribution in [0.3, 0.4) is 0 Å². The van der Waals surface area contributed by atoms with Crippen molar-refractivity contribution in [2.75, 3.05) is 0 Å². The van der Waals surface area contributed by atoms with Crippen molar-refractivity contribution in [3.8, 4) is 0 Å². The Bertz CT molecular complexity index is 290. The van der Waals surface area contributed by atoms with Crippen LogP contribution in [0.15, 0.2) is 18.7 Å². The Balaban J connectivity index is -0.000000341. The average Bonchev–Trinajstić information content (AvgIpc) is 3.14. The van der Waals surface area contributed by atoms with E-state index in [0.29, 0.717) is 0 Å². The third kappa shape index (κ3) is 14.8. The molecular weight excluding hydrogens is 428 g/mol. The largest absolute Gasteiger partial charge is 4.00 e. The molecule has 4 fully saturated rings. The van der Waals surface area contributed by atoms with E-state index in [1.54, 1.807) is 58.3 Å². The first-order valence-electron chi connectivity index (χ1n) is 11.7. The number of allylic oxidation sites excluding steroid dienone is 2. The first-order chi connectivity index (χ1) is 12.8. The molecule has 0 N–H and O–H groups in total. The van der Waals surface area contributed by atoms with Crippen LogP contribution in [0.25, 0.3) is 0 Å². The molecule has 0 nitrogen and oxygen atoms in total. The summed E-state index contributed by atoms with van der Waals surface area (Å²) in [6, 6.07) is 0. The summed E-state index contributed by atoms with van der Waals surface area (Å²) in [5.41, 5.74) is 0. The van der Waals surface area contributed by atoms with Gasteiger partial charge in [0.2, 0.25) is 0 Å². The summed E-state index contributed by atoms with van der Waals surface area (Å²) in [5.74, 6) is 4.62. The maximum atomic E-state index is 4.72. The van der Waals surface area contributed by atoms with Crippen molar-refractivity contribution in [1.82, 2.24) is 0 Å². The number of hydrogen-bond donors (Lipinski definition) is 0. The van der Waals surface area contributed by atoms with E-state index >= 15 is 0 Å². The van der Waals surface area contributed by atoms with Crippen LogP contribution in [-0.2, 0) is 26.2 Å². The molecule has 0 radical (unpaired) electrons. The van der Waals surface area contributed by atoms with Crippen molar-refractivity contribution in [3.05, 3.63) is 47.1 Å². The second-order valence-electron chi connectivity index (χ2n) is 8.80. The number of hydrogen-bond acceptors (Lipinski definition) is 0. The van der Waals surface area contributed by atoms with Crippen molar-refractivity contribution in [1.29, 1.82) is 0 Å². The normalized spacial score (nSPS) is 29.0. The van der Waals surface area contributed by atoms with Crippen molar-refractivity contribution in [3.63, 3.8) is 0 Å². The molecule has 4 rings (SSSR count). The molecular formula is C28H52Zr. The fourth-order valence-corrected chi connectivity index (χ4v) is 5.73. The Morgan fingerprint density at radius 2 is 0.793 bits per heavy atom. The first-order valence-corrected chi connectivity index (χ1v) is 11.7. The molecule has 4 saturated carbocycles. The quantitative estimate of drug-likeness (QED) is 0.303. The van der Waals surface area contributed by atoms with Gasteiger partial charge in [0.25, 0.3) is 0 Å². The minimum absolute atomic E-state index is 0. The fourth-order valence-electron chi connectivity index (χ4n) is 5.73. The van der Waals surface area contributed by atoms with Crippen LogP contribution in [0.5, 0.6) is 0 Å². The molecule has 0 spiro atoms. The standard InChI is InChI=1S/2C10H18.2C3H5.2CH3.Zr/c2*1-2-5-9-7-4-8-10(9)6-3-1;2*1-3-2;;;/h2*9-10H,1-8H2;3H,1-2H2;1,3H,2H3;2*1H3;/q;;4*-1;+4. The van der Waals surface area contributed by atoms with Gasteiger partial charge in [-0.3, -0.25) is 6.08 Å². The molecule has 168 valence electrons. The minimum Gasteiger partial charge on any atom is -0.518 e. The van der Waals surface area contributed by atoms with Crippen LogP contribution in [0.2, 0.25) is 0 Å². The zero-order valence-electron chi connectivity index (χ0n) is 20.3. The molecule has 0 amide bonds. The van der Waals surface area contributed by atoms with Gasteiger partial charge >= 0.3 is 26.2 Å². The van der Waals surface area contributed by atoms with Gasteiger partial charge in [-0.1, -0.05) is 110 Å². The molecule has 0 aromatic carbocycles. The van der Waals surface area contributed by atoms with Gasteiger partial charge in [-0.25, -0.2) is 19.6 Å². The van der Waals surface area contributed by atoms with Gasteiger partial charge in [0.05, 0.1) is 0 Å². The molecule has 0 aromatic rings. The molecule has 4 unspecified atom stereocenters. The Morgan fingerprint density at radius 3 is 1.00 bits per heavy atom. The van der Waals surface area contributed by atoms with Gasteiger partial charge in [-0.2, -0.15) is 0 Å².